The van der Waals surface area contributed by atoms with Crippen LogP contribution >= 0.6 is 31.9 Å². The zero-order valence-corrected chi connectivity index (χ0v) is 14.5. The van der Waals surface area contributed by atoms with Gasteiger partial charge < -0.3 is 10.5 Å². The standard InChI is InChI=1S/C14H13Br2NO2S/c15-10-2-1-3-12(8-10)19-6-7-20(18)14-5-4-11(16)9-13(14)17/h1-5,8-9H,6-7,17H2. The molecule has 0 aliphatic rings. The van der Waals surface area contributed by atoms with E-state index in [0.29, 0.717) is 22.9 Å². The normalized spacial score (nSPS) is 12.1. The second-order valence-corrected chi connectivity index (χ2v) is 7.41. The molecule has 20 heavy (non-hydrogen) atoms. The van der Waals surface area contributed by atoms with Crippen molar-refractivity contribution in [3.63, 3.8) is 0 Å². The number of rotatable bonds is 5. The summed E-state index contributed by atoms with van der Waals surface area (Å²) in [5.74, 6) is 1.15. The maximum absolute atomic E-state index is 12.2. The van der Waals surface area contributed by atoms with Gasteiger partial charge in [0.1, 0.15) is 12.4 Å². The van der Waals surface area contributed by atoms with E-state index < -0.39 is 10.8 Å². The van der Waals surface area contributed by atoms with E-state index in [9.17, 15) is 4.21 Å². The van der Waals surface area contributed by atoms with Crippen molar-refractivity contribution in [2.45, 2.75) is 4.90 Å². The number of hydrogen-bond donors (Lipinski definition) is 1. The van der Waals surface area contributed by atoms with Crippen LogP contribution in [0.2, 0.25) is 0 Å². The van der Waals surface area contributed by atoms with Crippen LogP contribution < -0.4 is 10.5 Å². The summed E-state index contributed by atoms with van der Waals surface area (Å²) >= 11 is 6.70. The number of halogens is 2. The van der Waals surface area contributed by atoms with Crippen LogP contribution in [0, 0.1) is 0 Å². The molecule has 2 aromatic rings. The Kier molecular flexibility index (Phi) is 5.63. The third kappa shape index (κ3) is 4.33. The largest absolute Gasteiger partial charge is 0.493 e. The first-order chi connectivity index (χ1) is 9.56. The minimum atomic E-state index is -1.16. The van der Waals surface area contributed by atoms with Crippen LogP contribution in [0.25, 0.3) is 0 Å². The number of benzene rings is 2. The first-order valence-corrected chi connectivity index (χ1v) is 8.78. The first-order valence-electron chi connectivity index (χ1n) is 5.88. The van der Waals surface area contributed by atoms with Crippen molar-refractivity contribution in [1.29, 1.82) is 0 Å². The number of hydrogen-bond acceptors (Lipinski definition) is 3. The Morgan fingerprint density at radius 3 is 2.55 bits per heavy atom. The summed E-state index contributed by atoms with van der Waals surface area (Å²) in [6.45, 7) is 0.374. The minimum Gasteiger partial charge on any atom is -0.493 e. The van der Waals surface area contributed by atoms with Crippen molar-refractivity contribution >= 4 is 48.3 Å². The molecule has 0 saturated carbocycles. The Morgan fingerprint density at radius 2 is 1.85 bits per heavy atom. The van der Waals surface area contributed by atoms with Crippen molar-refractivity contribution in [2.75, 3.05) is 18.1 Å². The highest BCUT2D eigenvalue weighted by molar-refractivity contribution is 9.10. The van der Waals surface area contributed by atoms with Crippen LogP contribution in [0.5, 0.6) is 5.75 Å². The first kappa shape index (κ1) is 15.5. The van der Waals surface area contributed by atoms with Gasteiger partial charge in [-0.15, -0.1) is 0 Å². The second-order valence-electron chi connectivity index (χ2n) is 4.04. The van der Waals surface area contributed by atoms with E-state index in [1.54, 1.807) is 12.1 Å². The molecule has 0 spiro atoms. The van der Waals surface area contributed by atoms with Crippen LogP contribution in [-0.4, -0.2) is 16.6 Å². The monoisotopic (exact) mass is 417 g/mol. The molecule has 0 aromatic heterocycles. The van der Waals surface area contributed by atoms with Gasteiger partial charge in [0, 0.05) is 14.6 Å². The maximum atomic E-state index is 12.2. The fourth-order valence-electron chi connectivity index (χ4n) is 1.63. The van der Waals surface area contributed by atoms with Gasteiger partial charge in [-0.05, 0) is 36.4 Å². The lowest BCUT2D eigenvalue weighted by Gasteiger charge is -2.08. The van der Waals surface area contributed by atoms with Crippen LogP contribution in [-0.2, 0) is 10.8 Å². The molecule has 0 amide bonds. The van der Waals surface area contributed by atoms with E-state index in [1.165, 1.54) is 0 Å². The van der Waals surface area contributed by atoms with Crippen LogP contribution in [0.1, 0.15) is 0 Å². The van der Waals surface area contributed by atoms with Crippen LogP contribution in [0.4, 0.5) is 5.69 Å². The van der Waals surface area contributed by atoms with E-state index in [2.05, 4.69) is 31.9 Å². The average Bonchev–Trinajstić information content (AvgIpc) is 2.38. The second kappa shape index (κ2) is 7.24. The summed E-state index contributed by atoms with van der Waals surface area (Å²) < 4.78 is 19.6. The van der Waals surface area contributed by atoms with Gasteiger partial charge >= 0.3 is 0 Å². The molecule has 0 radical (unpaired) electrons. The third-order valence-electron chi connectivity index (χ3n) is 2.55. The highest BCUT2D eigenvalue weighted by atomic mass is 79.9. The van der Waals surface area contributed by atoms with Gasteiger partial charge in [0.05, 0.1) is 21.4 Å². The Hall–Kier alpha value is -0.850. The van der Waals surface area contributed by atoms with Crippen LogP contribution in [0.15, 0.2) is 56.3 Å². The van der Waals surface area contributed by atoms with Crippen LogP contribution in [0.3, 0.4) is 0 Å². The number of nitrogens with two attached hydrogens (primary N) is 1. The number of anilines is 1. The van der Waals surface area contributed by atoms with Gasteiger partial charge in [0.25, 0.3) is 0 Å². The number of nitrogen functional groups attached to an aromatic ring is 1. The molecule has 0 aliphatic carbocycles. The Morgan fingerprint density at radius 1 is 1.10 bits per heavy atom. The molecule has 1 unspecified atom stereocenters. The highest BCUT2D eigenvalue weighted by Crippen LogP contribution is 2.22. The lowest BCUT2D eigenvalue weighted by atomic mass is 10.3. The number of ether oxygens (including phenoxy) is 1. The van der Waals surface area contributed by atoms with Gasteiger partial charge in [-0.1, -0.05) is 37.9 Å². The molecule has 0 fully saturated rings. The Labute approximate surface area is 137 Å². The molecule has 0 saturated heterocycles. The molecule has 6 heteroatoms. The van der Waals surface area contributed by atoms with E-state index in [1.807, 2.05) is 30.3 Å². The smallest absolute Gasteiger partial charge is 0.120 e. The van der Waals surface area contributed by atoms with E-state index in [4.69, 9.17) is 10.5 Å². The Balaban J connectivity index is 1.92. The molecular formula is C14H13Br2NO2S. The molecule has 0 bridgehead atoms. The molecule has 2 rings (SSSR count). The van der Waals surface area contributed by atoms with Crippen molar-refractivity contribution in [3.05, 3.63) is 51.4 Å². The summed E-state index contributed by atoms with van der Waals surface area (Å²) in [5, 5.41) is 0. The van der Waals surface area contributed by atoms with E-state index in [0.717, 1.165) is 14.7 Å². The summed E-state index contributed by atoms with van der Waals surface area (Å²) in [5.41, 5.74) is 6.38. The predicted octanol–water partition coefficient (Wildman–Crippen LogP) is 3.98. The van der Waals surface area contributed by atoms with E-state index >= 15 is 0 Å². The third-order valence-corrected chi connectivity index (χ3v) is 4.94. The fraction of sp³-hybridized carbons (Fsp3) is 0.143. The quantitative estimate of drug-likeness (QED) is 0.747. The summed E-state index contributed by atoms with van der Waals surface area (Å²) in [6, 6.07) is 12.9. The van der Waals surface area contributed by atoms with Crippen molar-refractivity contribution in [3.8, 4) is 5.75 Å². The topological polar surface area (TPSA) is 52.3 Å². The zero-order chi connectivity index (χ0) is 14.5. The minimum absolute atomic E-state index is 0.374. The van der Waals surface area contributed by atoms with Crippen molar-refractivity contribution < 1.29 is 8.95 Å². The lowest BCUT2D eigenvalue weighted by molar-refractivity contribution is 0.342. The molecule has 106 valence electrons. The summed E-state index contributed by atoms with van der Waals surface area (Å²) in [7, 11) is -1.16. The molecule has 0 heterocycles. The van der Waals surface area contributed by atoms with Crippen molar-refractivity contribution in [1.82, 2.24) is 0 Å². The average molecular weight is 419 g/mol. The summed E-state index contributed by atoms with van der Waals surface area (Å²) in [4.78, 5) is 0.644. The zero-order valence-electron chi connectivity index (χ0n) is 10.5. The Bertz CT molecular complexity index is 634. The SMILES string of the molecule is Nc1cc(Br)ccc1S(=O)CCOc1cccc(Br)c1. The van der Waals surface area contributed by atoms with Crippen molar-refractivity contribution in [2.24, 2.45) is 0 Å². The van der Waals surface area contributed by atoms with Gasteiger partial charge in [0.15, 0.2) is 0 Å². The molecule has 1 atom stereocenters. The molecule has 0 aliphatic heterocycles. The molecular weight excluding hydrogens is 406 g/mol. The predicted molar refractivity (Wildman–Crippen MR) is 89.5 cm³/mol. The molecule has 2 aromatic carbocycles. The fourth-order valence-corrected chi connectivity index (χ4v) is 3.38. The lowest BCUT2D eigenvalue weighted by Crippen LogP contribution is -2.10. The van der Waals surface area contributed by atoms with Gasteiger partial charge in [-0.25, -0.2) is 0 Å². The van der Waals surface area contributed by atoms with Gasteiger partial charge in [0.2, 0.25) is 0 Å². The molecule has 2 N–H and O–H groups in total. The highest BCUT2D eigenvalue weighted by Gasteiger charge is 2.08. The summed E-state index contributed by atoms with van der Waals surface area (Å²) in [6.07, 6.45) is 0. The van der Waals surface area contributed by atoms with E-state index in [-0.39, 0.29) is 0 Å². The van der Waals surface area contributed by atoms with Gasteiger partial charge in [-0.3, -0.25) is 4.21 Å². The van der Waals surface area contributed by atoms with Gasteiger partial charge in [-0.2, -0.15) is 0 Å². The molecule has 3 nitrogen and oxygen atoms in total. The maximum Gasteiger partial charge on any atom is 0.120 e.